The van der Waals surface area contributed by atoms with Crippen molar-refractivity contribution >= 4 is 26.5 Å². The number of hydrogen-bond acceptors (Lipinski definition) is 0. The molecular weight excluding hydrogens is 556 g/mol. The monoisotopic (exact) mass is 621 g/mol. The van der Waals surface area contributed by atoms with Gasteiger partial charge in [-0.1, -0.05) is 0 Å². The summed E-state index contributed by atoms with van der Waals surface area (Å²) in [5.41, 5.74) is -4.48. The third-order valence-corrected chi connectivity index (χ3v) is 107. The van der Waals surface area contributed by atoms with Crippen LogP contribution < -0.4 is 0 Å². The first-order chi connectivity index (χ1) is 15.3. The second kappa shape index (κ2) is 17.6. The Kier molecular flexibility index (Phi) is 18.8. The van der Waals surface area contributed by atoms with Crippen molar-refractivity contribution in [2.75, 3.05) is 55.5 Å². The third kappa shape index (κ3) is 7.38. The zero-order valence-corrected chi connectivity index (χ0v) is 29.3. The van der Waals surface area contributed by atoms with E-state index < -0.39 is 29.1 Å². The second-order valence-electron chi connectivity index (χ2n) is 10.5. The molecule has 0 aromatic heterocycles. The van der Waals surface area contributed by atoms with Crippen LogP contribution in [-0.2, 0) is 12.3 Å². The van der Waals surface area contributed by atoms with Crippen molar-refractivity contribution in [3.63, 3.8) is 0 Å². The first kappa shape index (κ1) is 34.2. The fourth-order valence-electron chi connectivity index (χ4n) is 7.22. The van der Waals surface area contributed by atoms with Gasteiger partial charge < -0.3 is 0 Å². The standard InChI is InChI=1S/3C9H21P.ClH.Rh/c3*1-4-7-10(8-5-2)9-6-3;;/h3*4-9H2,1-3H3;1H;/q;;;;-2/p+2. The van der Waals surface area contributed by atoms with E-state index in [-0.39, 0.29) is 0 Å². The van der Waals surface area contributed by atoms with Gasteiger partial charge in [-0.3, -0.25) is 0 Å². The van der Waals surface area contributed by atoms with Gasteiger partial charge in [0.1, 0.15) is 0 Å². The van der Waals surface area contributed by atoms with Gasteiger partial charge in [0, 0.05) is 0 Å². The molecule has 0 fully saturated rings. The molecule has 0 bridgehead atoms. The average molecular weight is 622 g/mol. The van der Waals surface area contributed by atoms with Crippen LogP contribution in [-0.4, -0.2) is 55.5 Å². The molecular formula is C27H66ClP3Rh. The summed E-state index contributed by atoms with van der Waals surface area (Å²) in [5, 5.41) is 0. The van der Waals surface area contributed by atoms with Crippen molar-refractivity contribution in [1.82, 2.24) is 0 Å². The van der Waals surface area contributed by atoms with E-state index in [4.69, 9.17) is 9.69 Å². The van der Waals surface area contributed by atoms with Gasteiger partial charge in [0.15, 0.2) is 0 Å². The van der Waals surface area contributed by atoms with Crippen LogP contribution in [0.2, 0.25) is 0 Å². The zero-order chi connectivity index (χ0) is 24.7. The Hall–Kier alpha value is 2.20. The molecule has 0 aromatic rings. The predicted octanol–water partition coefficient (Wildman–Crippen LogP) is 11.0. The topological polar surface area (TPSA) is 0 Å². The van der Waals surface area contributed by atoms with Crippen LogP contribution in [0.4, 0.5) is 0 Å². The molecule has 0 aliphatic carbocycles. The first-order valence-corrected chi connectivity index (χ1v) is 31.5. The molecule has 0 amide bonds. The van der Waals surface area contributed by atoms with Crippen molar-refractivity contribution in [1.29, 1.82) is 0 Å². The average Bonchev–Trinajstić information content (AvgIpc) is 2.74. The van der Waals surface area contributed by atoms with Crippen molar-refractivity contribution in [2.45, 2.75) is 120 Å². The number of rotatable bonds is 21. The van der Waals surface area contributed by atoms with E-state index >= 15 is 0 Å². The Morgan fingerprint density at radius 3 is 0.562 bits per heavy atom. The van der Waals surface area contributed by atoms with Crippen LogP contribution in [0.3, 0.4) is 0 Å². The van der Waals surface area contributed by atoms with E-state index in [2.05, 4.69) is 62.3 Å². The van der Waals surface area contributed by atoms with Gasteiger partial charge in [0.05, 0.1) is 0 Å². The Labute approximate surface area is 213 Å². The quantitative estimate of drug-likeness (QED) is 0.0883. The molecule has 0 aliphatic heterocycles. The number of halogens is 1. The summed E-state index contributed by atoms with van der Waals surface area (Å²) in [6, 6.07) is 0. The molecule has 0 saturated carbocycles. The van der Waals surface area contributed by atoms with Crippen molar-refractivity contribution in [3.05, 3.63) is 0 Å². The van der Waals surface area contributed by atoms with Gasteiger partial charge in [-0.2, -0.15) is 0 Å². The maximum absolute atomic E-state index is 9.06. The Bertz CT molecular complexity index is 356. The molecule has 5 heteroatoms. The Balaban J connectivity index is 7.63. The fraction of sp³-hybridized carbons (Fsp3) is 1.00. The summed E-state index contributed by atoms with van der Waals surface area (Å²) in [4.78, 5) is 0. The van der Waals surface area contributed by atoms with Crippen LogP contribution in [0.1, 0.15) is 120 Å². The summed E-state index contributed by atoms with van der Waals surface area (Å²) >= 11 is -2.22. The molecule has 205 valence electrons. The van der Waals surface area contributed by atoms with Crippen LogP contribution in [0.15, 0.2) is 0 Å². The van der Waals surface area contributed by atoms with E-state index in [1.807, 2.05) is 0 Å². The zero-order valence-electron chi connectivity index (χ0n) is 23.9. The fourth-order valence-corrected chi connectivity index (χ4v) is 141. The molecule has 0 heterocycles. The molecule has 0 spiro atoms. The minimum atomic E-state index is -2.22. The van der Waals surface area contributed by atoms with Gasteiger partial charge in [0.25, 0.3) is 0 Å². The Morgan fingerprint density at radius 1 is 0.344 bits per heavy atom. The van der Waals surface area contributed by atoms with E-state index in [0.717, 1.165) is 0 Å². The SMILES string of the molecule is CCC[PH](CCC)(CCC)[Rh]([Cl])([PH](CCC)(CCC)CCC)[PH](CCC)(CCC)CCC. The van der Waals surface area contributed by atoms with Crippen LogP contribution >= 0.6 is 26.5 Å². The molecule has 0 radical (unpaired) electrons. The van der Waals surface area contributed by atoms with Gasteiger partial charge in [-0.05, 0) is 0 Å². The van der Waals surface area contributed by atoms with E-state index in [1.165, 1.54) is 57.8 Å². The molecule has 0 N–H and O–H groups in total. The van der Waals surface area contributed by atoms with Gasteiger partial charge in [0.2, 0.25) is 0 Å². The molecule has 0 aromatic carbocycles. The first-order valence-electron chi connectivity index (χ1n) is 14.7. The summed E-state index contributed by atoms with van der Waals surface area (Å²) < 4.78 is 0. The molecule has 0 nitrogen and oxygen atoms in total. The van der Waals surface area contributed by atoms with Gasteiger partial charge >= 0.3 is 214 Å². The Morgan fingerprint density at radius 2 is 0.469 bits per heavy atom. The third-order valence-electron chi connectivity index (χ3n) is 7.64. The molecule has 0 atom stereocenters. The van der Waals surface area contributed by atoms with E-state index in [1.54, 1.807) is 55.5 Å². The molecule has 0 saturated heterocycles. The number of hydrogen-bond donors (Lipinski definition) is 0. The van der Waals surface area contributed by atoms with E-state index in [9.17, 15) is 0 Å². The summed E-state index contributed by atoms with van der Waals surface area (Å²) in [7, 11) is 9.06. The van der Waals surface area contributed by atoms with Crippen molar-refractivity contribution < 1.29 is 12.3 Å². The molecule has 0 aliphatic rings. The minimum absolute atomic E-state index is 1.41. The summed E-state index contributed by atoms with van der Waals surface area (Å²) in [6.07, 6.45) is 26.9. The van der Waals surface area contributed by atoms with Crippen LogP contribution in [0, 0.1) is 0 Å². The van der Waals surface area contributed by atoms with Crippen molar-refractivity contribution in [2.24, 2.45) is 0 Å². The van der Waals surface area contributed by atoms with Gasteiger partial charge in [-0.25, -0.2) is 0 Å². The predicted molar refractivity (Wildman–Crippen MR) is 167 cm³/mol. The second-order valence-corrected chi connectivity index (χ2v) is 60.2. The molecule has 0 rings (SSSR count). The van der Waals surface area contributed by atoms with Crippen LogP contribution in [0.5, 0.6) is 0 Å². The molecule has 32 heavy (non-hydrogen) atoms. The van der Waals surface area contributed by atoms with Crippen molar-refractivity contribution in [3.8, 4) is 0 Å². The van der Waals surface area contributed by atoms with E-state index in [0.29, 0.717) is 0 Å². The maximum atomic E-state index is 9.06. The van der Waals surface area contributed by atoms with Gasteiger partial charge in [-0.15, -0.1) is 0 Å². The normalized spacial score (nSPS) is 17.7. The summed E-state index contributed by atoms with van der Waals surface area (Å²) in [6.45, 7) is 22.6. The molecule has 0 unspecified atom stereocenters. The van der Waals surface area contributed by atoms with Crippen LogP contribution in [0.25, 0.3) is 0 Å². The summed E-state index contributed by atoms with van der Waals surface area (Å²) in [5.74, 6) is 0.